The second-order valence-corrected chi connectivity index (χ2v) is 4.27. The Morgan fingerprint density at radius 1 is 1.00 bits per heavy atom. The summed E-state index contributed by atoms with van der Waals surface area (Å²) in [7, 11) is 0. The summed E-state index contributed by atoms with van der Waals surface area (Å²) in [5.41, 5.74) is 0.510. The molecule has 0 saturated heterocycles. The van der Waals surface area contributed by atoms with Gasteiger partial charge in [-0.15, -0.1) is 0 Å². The molecule has 4 heteroatoms. The molecule has 0 N–H and O–H groups in total. The minimum Gasteiger partial charge on any atom is -0.493 e. The van der Waals surface area contributed by atoms with Gasteiger partial charge in [0.2, 0.25) is 6.08 Å². The number of rotatable bonds is 9. The van der Waals surface area contributed by atoms with Gasteiger partial charge in [0, 0.05) is 18.2 Å². The number of aliphatic imine (C=N–C) groups is 1. The summed E-state index contributed by atoms with van der Waals surface area (Å²) in [5, 5.41) is 0. The average molecular weight is 263 g/mol. The van der Waals surface area contributed by atoms with Crippen molar-refractivity contribution >= 4 is 11.8 Å². The lowest BCUT2D eigenvalue weighted by Crippen LogP contribution is -1.99. The van der Waals surface area contributed by atoms with Crippen molar-refractivity contribution in [2.75, 3.05) is 13.2 Å². The molecule has 4 nitrogen and oxygen atoms in total. The third-order valence-corrected chi connectivity index (χ3v) is 2.57. The zero-order valence-electron chi connectivity index (χ0n) is 11.6. The highest BCUT2D eigenvalue weighted by Crippen LogP contribution is 2.28. The summed E-state index contributed by atoms with van der Waals surface area (Å²) in [6.45, 7) is 5.52. The lowest BCUT2D eigenvalue weighted by Gasteiger charge is -2.10. The van der Waals surface area contributed by atoms with Crippen LogP contribution in [0.25, 0.3) is 0 Å². The van der Waals surface area contributed by atoms with Crippen molar-refractivity contribution in [1.82, 2.24) is 0 Å². The summed E-state index contributed by atoms with van der Waals surface area (Å²) in [6, 6.07) is 5.26. The van der Waals surface area contributed by atoms with E-state index in [1.54, 1.807) is 12.1 Å². The van der Waals surface area contributed by atoms with E-state index in [1.807, 2.05) is 6.07 Å². The van der Waals surface area contributed by atoms with Crippen LogP contribution in [0.1, 0.15) is 39.5 Å². The first kappa shape index (κ1) is 15.3. The summed E-state index contributed by atoms with van der Waals surface area (Å²) >= 11 is 0. The van der Waals surface area contributed by atoms with Gasteiger partial charge in [0.25, 0.3) is 0 Å². The highest BCUT2D eigenvalue weighted by atomic mass is 16.5. The molecule has 0 aromatic heterocycles. The van der Waals surface area contributed by atoms with E-state index in [0.29, 0.717) is 30.4 Å². The molecule has 0 amide bonds. The van der Waals surface area contributed by atoms with E-state index >= 15 is 0 Å². The van der Waals surface area contributed by atoms with Crippen LogP contribution in [0.3, 0.4) is 0 Å². The van der Waals surface area contributed by atoms with Crippen molar-refractivity contribution in [3.8, 4) is 11.5 Å². The zero-order chi connectivity index (χ0) is 13.9. The van der Waals surface area contributed by atoms with Crippen molar-refractivity contribution in [3.63, 3.8) is 0 Å². The molecule has 0 bridgehead atoms. The molecule has 0 radical (unpaired) electrons. The first-order chi connectivity index (χ1) is 9.30. The van der Waals surface area contributed by atoms with Gasteiger partial charge in [0.1, 0.15) is 11.5 Å². The molecular weight excluding hydrogens is 242 g/mol. The number of ether oxygens (including phenoxy) is 2. The molecule has 0 fully saturated rings. The van der Waals surface area contributed by atoms with Crippen molar-refractivity contribution in [1.29, 1.82) is 0 Å². The van der Waals surface area contributed by atoms with Crippen LogP contribution in [0.15, 0.2) is 23.2 Å². The van der Waals surface area contributed by atoms with Crippen molar-refractivity contribution in [3.05, 3.63) is 18.2 Å². The molecule has 19 heavy (non-hydrogen) atoms. The Balaban J connectivity index is 2.74. The molecular formula is C15H21NO3. The van der Waals surface area contributed by atoms with Gasteiger partial charge >= 0.3 is 0 Å². The van der Waals surface area contributed by atoms with E-state index in [2.05, 4.69) is 18.8 Å². The lowest BCUT2D eigenvalue weighted by molar-refractivity contribution is 0.294. The molecule has 0 spiro atoms. The highest BCUT2D eigenvalue weighted by molar-refractivity contribution is 5.55. The fraction of sp³-hybridized carbons (Fsp3) is 0.533. The smallest absolute Gasteiger partial charge is 0.240 e. The average Bonchev–Trinajstić information content (AvgIpc) is 2.40. The van der Waals surface area contributed by atoms with Gasteiger partial charge < -0.3 is 9.47 Å². The predicted octanol–water partition coefficient (Wildman–Crippen LogP) is 4.01. The second kappa shape index (κ2) is 9.17. The minimum absolute atomic E-state index is 0.510. The Hall–Kier alpha value is -1.80. The van der Waals surface area contributed by atoms with E-state index in [9.17, 15) is 4.79 Å². The van der Waals surface area contributed by atoms with Gasteiger partial charge in [-0.25, -0.2) is 4.79 Å². The fourth-order valence-corrected chi connectivity index (χ4v) is 1.51. The number of nitrogens with zero attached hydrogens (tertiary/aromatic N) is 1. The summed E-state index contributed by atoms with van der Waals surface area (Å²) in [4.78, 5) is 14.0. The number of isocyanates is 1. The molecule has 0 saturated carbocycles. The normalized spacial score (nSPS) is 9.79. The van der Waals surface area contributed by atoms with Crippen molar-refractivity contribution in [2.45, 2.75) is 39.5 Å². The first-order valence-corrected chi connectivity index (χ1v) is 6.78. The molecule has 0 aliphatic heterocycles. The molecule has 1 aromatic carbocycles. The molecule has 0 aliphatic rings. The van der Waals surface area contributed by atoms with Crippen LogP contribution < -0.4 is 9.47 Å². The van der Waals surface area contributed by atoms with Gasteiger partial charge in [0.05, 0.1) is 18.9 Å². The van der Waals surface area contributed by atoms with Gasteiger partial charge in [-0.2, -0.15) is 4.99 Å². The maximum absolute atomic E-state index is 10.3. The molecule has 0 atom stereocenters. The number of carbonyl (C=O) groups excluding carboxylic acids is 1. The minimum atomic E-state index is 0.510. The monoisotopic (exact) mass is 263 g/mol. The molecule has 1 aromatic rings. The first-order valence-electron chi connectivity index (χ1n) is 6.78. The predicted molar refractivity (Wildman–Crippen MR) is 75.0 cm³/mol. The number of hydrogen-bond donors (Lipinski definition) is 0. The summed E-state index contributed by atoms with van der Waals surface area (Å²) in [5.74, 6) is 1.35. The van der Waals surface area contributed by atoms with Gasteiger partial charge in [-0.05, 0) is 12.8 Å². The van der Waals surface area contributed by atoms with Crippen LogP contribution >= 0.6 is 0 Å². The van der Waals surface area contributed by atoms with Crippen LogP contribution in [0.4, 0.5) is 5.69 Å². The second-order valence-electron chi connectivity index (χ2n) is 4.27. The fourth-order valence-electron chi connectivity index (χ4n) is 1.51. The molecule has 104 valence electrons. The maximum atomic E-state index is 10.3. The van der Waals surface area contributed by atoms with Crippen LogP contribution in [0, 0.1) is 0 Å². The van der Waals surface area contributed by atoms with Gasteiger partial charge in [-0.3, -0.25) is 0 Å². The molecule has 1 rings (SSSR count). The van der Waals surface area contributed by atoms with Crippen LogP contribution in [-0.4, -0.2) is 19.3 Å². The van der Waals surface area contributed by atoms with E-state index < -0.39 is 0 Å². The topological polar surface area (TPSA) is 47.9 Å². The Kier molecular flexibility index (Phi) is 7.37. The number of benzene rings is 1. The van der Waals surface area contributed by atoms with Crippen LogP contribution in [0.5, 0.6) is 11.5 Å². The molecule has 0 heterocycles. The van der Waals surface area contributed by atoms with Crippen molar-refractivity contribution < 1.29 is 14.3 Å². The van der Waals surface area contributed by atoms with E-state index in [1.165, 1.54) is 6.08 Å². The Labute approximate surface area is 114 Å². The highest BCUT2D eigenvalue weighted by Gasteiger charge is 2.03. The quantitative estimate of drug-likeness (QED) is 0.384. The zero-order valence-corrected chi connectivity index (χ0v) is 11.6. The standard InChI is InChI=1S/C15H21NO3/c1-3-5-7-18-14-9-13(16-12-17)10-15(11-14)19-8-6-4-2/h9-11H,3-8H2,1-2H3. The van der Waals surface area contributed by atoms with E-state index in [0.717, 1.165) is 25.7 Å². The SMILES string of the molecule is CCCCOc1cc(N=C=O)cc(OCCCC)c1. The Morgan fingerprint density at radius 3 is 1.95 bits per heavy atom. The maximum Gasteiger partial charge on any atom is 0.240 e. The number of hydrogen-bond acceptors (Lipinski definition) is 4. The van der Waals surface area contributed by atoms with Gasteiger partial charge in [-0.1, -0.05) is 26.7 Å². The molecule has 0 aliphatic carbocycles. The summed E-state index contributed by atoms with van der Waals surface area (Å²) < 4.78 is 11.2. The number of unbranched alkanes of at least 4 members (excludes halogenated alkanes) is 2. The van der Waals surface area contributed by atoms with Crippen LogP contribution in [-0.2, 0) is 4.79 Å². The summed E-state index contributed by atoms with van der Waals surface area (Å²) in [6.07, 6.45) is 5.67. The Bertz CT molecular complexity index is 397. The third-order valence-electron chi connectivity index (χ3n) is 2.57. The largest absolute Gasteiger partial charge is 0.493 e. The van der Waals surface area contributed by atoms with E-state index in [-0.39, 0.29) is 0 Å². The van der Waals surface area contributed by atoms with Crippen LogP contribution in [0.2, 0.25) is 0 Å². The molecule has 0 unspecified atom stereocenters. The lowest BCUT2D eigenvalue weighted by atomic mass is 10.2. The third kappa shape index (κ3) is 6.07. The van der Waals surface area contributed by atoms with Crippen molar-refractivity contribution in [2.24, 2.45) is 4.99 Å². The van der Waals surface area contributed by atoms with Gasteiger partial charge in [0.15, 0.2) is 0 Å². The van der Waals surface area contributed by atoms with E-state index in [4.69, 9.17) is 9.47 Å². The Morgan fingerprint density at radius 2 is 1.53 bits per heavy atom.